The summed E-state index contributed by atoms with van der Waals surface area (Å²) in [6.45, 7) is 6.02. The Morgan fingerprint density at radius 1 is 1.32 bits per heavy atom. The van der Waals surface area contributed by atoms with Gasteiger partial charge in [-0.15, -0.1) is 11.3 Å². The molecular weight excluding hydrogens is 258 g/mol. The number of aromatic nitrogens is 2. The molecule has 1 atom stereocenters. The highest BCUT2D eigenvalue weighted by molar-refractivity contribution is 7.10. The Balaban J connectivity index is 2.14. The van der Waals surface area contributed by atoms with E-state index in [-0.39, 0.29) is 11.9 Å². The van der Waals surface area contributed by atoms with E-state index in [1.54, 1.807) is 17.5 Å². The second-order valence-corrected chi connectivity index (χ2v) is 5.73. The highest BCUT2D eigenvalue weighted by Gasteiger charge is 2.20. The van der Waals surface area contributed by atoms with E-state index in [2.05, 4.69) is 29.1 Å². The molecule has 0 saturated heterocycles. The minimum atomic E-state index is -0.181. The van der Waals surface area contributed by atoms with Gasteiger partial charge < -0.3 is 5.32 Å². The molecule has 0 saturated carbocycles. The van der Waals surface area contributed by atoms with E-state index in [4.69, 9.17) is 0 Å². The van der Waals surface area contributed by atoms with Crippen LogP contribution < -0.4 is 5.32 Å². The van der Waals surface area contributed by atoms with Gasteiger partial charge in [-0.05, 0) is 24.3 Å². The van der Waals surface area contributed by atoms with Crippen molar-refractivity contribution in [3.8, 4) is 0 Å². The SMILES string of the molecule is Cc1cnc(C(=O)N[C@@H](c2cccs2)C(C)C)cn1. The zero-order chi connectivity index (χ0) is 13.8. The molecule has 100 valence electrons. The molecule has 0 aliphatic carbocycles. The third kappa shape index (κ3) is 3.38. The highest BCUT2D eigenvalue weighted by atomic mass is 32.1. The maximum absolute atomic E-state index is 12.2. The number of hydrogen-bond donors (Lipinski definition) is 1. The van der Waals surface area contributed by atoms with Gasteiger partial charge in [0, 0.05) is 11.1 Å². The van der Waals surface area contributed by atoms with Crippen molar-refractivity contribution in [2.24, 2.45) is 5.92 Å². The number of carbonyl (C=O) groups excluding carboxylic acids is 1. The lowest BCUT2D eigenvalue weighted by Gasteiger charge is -2.20. The Morgan fingerprint density at radius 2 is 2.11 bits per heavy atom. The lowest BCUT2D eigenvalue weighted by atomic mass is 10.0. The standard InChI is InChI=1S/C14H17N3OS/c1-9(2)13(12-5-4-6-19-12)17-14(18)11-8-15-10(3)7-16-11/h4-9,13H,1-3H3,(H,17,18)/t13-/m1/s1. The second-order valence-electron chi connectivity index (χ2n) is 4.75. The summed E-state index contributed by atoms with van der Waals surface area (Å²) >= 11 is 1.65. The normalized spacial score (nSPS) is 12.4. The summed E-state index contributed by atoms with van der Waals surface area (Å²) in [4.78, 5) is 21.5. The van der Waals surface area contributed by atoms with E-state index in [1.165, 1.54) is 6.20 Å². The van der Waals surface area contributed by atoms with Crippen molar-refractivity contribution in [1.82, 2.24) is 15.3 Å². The van der Waals surface area contributed by atoms with Gasteiger partial charge in [-0.2, -0.15) is 0 Å². The first-order valence-corrected chi connectivity index (χ1v) is 7.09. The van der Waals surface area contributed by atoms with E-state index >= 15 is 0 Å². The van der Waals surface area contributed by atoms with Gasteiger partial charge in [-0.1, -0.05) is 19.9 Å². The number of aryl methyl sites for hydroxylation is 1. The molecule has 0 aromatic carbocycles. The average Bonchev–Trinajstić information content (AvgIpc) is 2.89. The van der Waals surface area contributed by atoms with Crippen molar-refractivity contribution in [2.75, 3.05) is 0 Å². The molecule has 0 radical (unpaired) electrons. The topological polar surface area (TPSA) is 54.9 Å². The fraction of sp³-hybridized carbons (Fsp3) is 0.357. The Hall–Kier alpha value is -1.75. The number of rotatable bonds is 4. The summed E-state index contributed by atoms with van der Waals surface area (Å²) in [6, 6.07) is 4.04. The number of amides is 1. The van der Waals surface area contributed by atoms with Gasteiger partial charge in [0.05, 0.1) is 17.9 Å². The average molecular weight is 275 g/mol. The van der Waals surface area contributed by atoms with E-state index in [9.17, 15) is 4.79 Å². The third-order valence-electron chi connectivity index (χ3n) is 2.82. The van der Waals surface area contributed by atoms with Crippen molar-refractivity contribution in [1.29, 1.82) is 0 Å². The number of carbonyl (C=O) groups is 1. The zero-order valence-corrected chi connectivity index (χ0v) is 12.1. The Bertz CT molecular complexity index is 534. The van der Waals surface area contributed by atoms with E-state index in [1.807, 2.05) is 24.4 Å². The fourth-order valence-corrected chi connectivity index (χ4v) is 2.71. The largest absolute Gasteiger partial charge is 0.343 e. The Morgan fingerprint density at radius 3 is 2.63 bits per heavy atom. The van der Waals surface area contributed by atoms with Crippen molar-refractivity contribution in [3.05, 3.63) is 46.2 Å². The minimum Gasteiger partial charge on any atom is -0.343 e. The number of thiophene rings is 1. The highest BCUT2D eigenvalue weighted by Crippen LogP contribution is 2.25. The van der Waals surface area contributed by atoms with Crippen LogP contribution in [0.3, 0.4) is 0 Å². The van der Waals surface area contributed by atoms with Crippen LogP contribution in [0, 0.1) is 12.8 Å². The Kier molecular flexibility index (Phi) is 4.27. The van der Waals surface area contributed by atoms with Crippen LogP contribution in [0.2, 0.25) is 0 Å². The molecule has 2 heterocycles. The fourth-order valence-electron chi connectivity index (χ4n) is 1.76. The minimum absolute atomic E-state index is 0.00982. The van der Waals surface area contributed by atoms with Gasteiger partial charge in [-0.25, -0.2) is 4.98 Å². The molecule has 1 N–H and O–H groups in total. The molecule has 2 aromatic rings. The van der Waals surface area contributed by atoms with Crippen LogP contribution in [0.15, 0.2) is 29.9 Å². The van der Waals surface area contributed by atoms with Crippen LogP contribution in [-0.2, 0) is 0 Å². The van der Waals surface area contributed by atoms with Gasteiger partial charge in [0.2, 0.25) is 0 Å². The zero-order valence-electron chi connectivity index (χ0n) is 11.3. The molecule has 0 fully saturated rings. The predicted molar refractivity (Wildman–Crippen MR) is 76.1 cm³/mol. The molecular formula is C14H17N3OS. The van der Waals surface area contributed by atoms with Crippen LogP contribution in [-0.4, -0.2) is 15.9 Å². The van der Waals surface area contributed by atoms with Crippen LogP contribution in [0.4, 0.5) is 0 Å². The number of nitrogens with zero attached hydrogens (tertiary/aromatic N) is 2. The number of hydrogen-bond acceptors (Lipinski definition) is 4. The van der Waals surface area contributed by atoms with Crippen LogP contribution in [0.25, 0.3) is 0 Å². The summed E-state index contributed by atoms with van der Waals surface area (Å²) in [7, 11) is 0. The van der Waals surface area contributed by atoms with Gasteiger partial charge in [-0.3, -0.25) is 9.78 Å². The summed E-state index contributed by atoms with van der Waals surface area (Å²) < 4.78 is 0. The first-order valence-electron chi connectivity index (χ1n) is 6.21. The summed E-state index contributed by atoms with van der Waals surface area (Å²) in [5, 5.41) is 5.04. The summed E-state index contributed by atoms with van der Waals surface area (Å²) in [5.74, 6) is 0.139. The smallest absolute Gasteiger partial charge is 0.271 e. The number of nitrogens with one attached hydrogen (secondary N) is 1. The van der Waals surface area contributed by atoms with E-state index in [0.717, 1.165) is 10.6 Å². The van der Waals surface area contributed by atoms with Crippen LogP contribution >= 0.6 is 11.3 Å². The molecule has 0 bridgehead atoms. The molecule has 2 aromatic heterocycles. The monoisotopic (exact) mass is 275 g/mol. The van der Waals surface area contributed by atoms with Gasteiger partial charge >= 0.3 is 0 Å². The molecule has 0 spiro atoms. The Labute approximate surface area is 116 Å². The van der Waals surface area contributed by atoms with Crippen molar-refractivity contribution < 1.29 is 4.79 Å². The van der Waals surface area contributed by atoms with Crippen molar-refractivity contribution in [3.63, 3.8) is 0 Å². The second kappa shape index (κ2) is 5.93. The molecule has 4 nitrogen and oxygen atoms in total. The quantitative estimate of drug-likeness (QED) is 0.933. The first kappa shape index (κ1) is 13.7. The summed E-state index contributed by atoms with van der Waals surface area (Å²) in [6.07, 6.45) is 3.11. The lowest BCUT2D eigenvalue weighted by Crippen LogP contribution is -2.31. The molecule has 0 aliphatic heterocycles. The maximum atomic E-state index is 12.2. The molecule has 0 unspecified atom stereocenters. The molecule has 1 amide bonds. The van der Waals surface area contributed by atoms with Gasteiger partial charge in [0.15, 0.2) is 0 Å². The van der Waals surface area contributed by atoms with Crippen molar-refractivity contribution in [2.45, 2.75) is 26.8 Å². The van der Waals surface area contributed by atoms with Crippen LogP contribution in [0.5, 0.6) is 0 Å². The molecule has 2 rings (SSSR count). The summed E-state index contributed by atoms with van der Waals surface area (Å²) in [5.41, 5.74) is 1.16. The van der Waals surface area contributed by atoms with Gasteiger partial charge in [0.25, 0.3) is 5.91 Å². The lowest BCUT2D eigenvalue weighted by molar-refractivity contribution is 0.0921. The molecule has 0 aliphatic rings. The predicted octanol–water partition coefficient (Wildman–Crippen LogP) is 2.97. The first-order chi connectivity index (χ1) is 9.08. The van der Waals surface area contributed by atoms with Crippen molar-refractivity contribution >= 4 is 17.2 Å². The maximum Gasteiger partial charge on any atom is 0.271 e. The third-order valence-corrected chi connectivity index (χ3v) is 3.77. The van der Waals surface area contributed by atoms with E-state index < -0.39 is 0 Å². The van der Waals surface area contributed by atoms with E-state index in [0.29, 0.717) is 11.6 Å². The van der Waals surface area contributed by atoms with Gasteiger partial charge in [0.1, 0.15) is 5.69 Å². The molecule has 19 heavy (non-hydrogen) atoms. The molecule has 5 heteroatoms. The van der Waals surface area contributed by atoms with Crippen LogP contribution in [0.1, 0.15) is 40.9 Å².